The summed E-state index contributed by atoms with van der Waals surface area (Å²) in [6.45, 7) is 3.92. The van der Waals surface area contributed by atoms with Gasteiger partial charge in [0.2, 0.25) is 0 Å². The number of ether oxygens (including phenoxy) is 1. The third-order valence-corrected chi connectivity index (χ3v) is 8.16. The van der Waals surface area contributed by atoms with Crippen LogP contribution in [0.1, 0.15) is 34.7 Å². The molecule has 0 aliphatic carbocycles. The number of rotatable bonds is 8. The summed E-state index contributed by atoms with van der Waals surface area (Å²) in [7, 11) is 0. The SMILES string of the molecule is Cc1cc([C@H]2[C@@H](c3ccccn3)NC(=S)N2c2ccc(NC(=O)COc3ccccc3)cc2)c(C)n1-c1cc(Cl)ccc1O. The lowest BCUT2D eigenvalue weighted by atomic mass is 9.96. The molecule has 0 unspecified atom stereocenters. The molecule has 0 bridgehead atoms. The van der Waals surface area contributed by atoms with E-state index < -0.39 is 0 Å². The number of hydrogen-bond donors (Lipinski definition) is 3. The van der Waals surface area contributed by atoms with E-state index in [4.69, 9.17) is 28.6 Å². The molecular weight excluding hydrogens is 594 g/mol. The highest BCUT2D eigenvalue weighted by molar-refractivity contribution is 7.80. The van der Waals surface area contributed by atoms with Crippen LogP contribution in [0.4, 0.5) is 11.4 Å². The summed E-state index contributed by atoms with van der Waals surface area (Å²) in [5.41, 5.74) is 5.82. The number of anilines is 2. The Bertz CT molecular complexity index is 1810. The number of benzene rings is 3. The summed E-state index contributed by atoms with van der Waals surface area (Å²) in [5, 5.41) is 18.2. The first-order valence-corrected chi connectivity index (χ1v) is 14.8. The molecule has 2 atom stereocenters. The average Bonchev–Trinajstić information content (AvgIpc) is 3.53. The van der Waals surface area contributed by atoms with Gasteiger partial charge >= 0.3 is 0 Å². The molecule has 0 spiro atoms. The lowest BCUT2D eigenvalue weighted by molar-refractivity contribution is -0.118. The van der Waals surface area contributed by atoms with E-state index in [-0.39, 0.29) is 30.3 Å². The molecular formula is C34H30ClN5O3S. The molecule has 1 fully saturated rings. The number of aromatic hydroxyl groups is 1. The van der Waals surface area contributed by atoms with Gasteiger partial charge in [-0.1, -0.05) is 35.9 Å². The molecule has 44 heavy (non-hydrogen) atoms. The molecule has 0 radical (unpaired) electrons. The molecule has 1 aliphatic heterocycles. The molecule has 8 nitrogen and oxygen atoms in total. The first kappa shape index (κ1) is 29.2. The molecule has 0 saturated carbocycles. The minimum Gasteiger partial charge on any atom is -0.506 e. The number of hydrogen-bond acceptors (Lipinski definition) is 5. The zero-order valence-electron chi connectivity index (χ0n) is 24.1. The summed E-state index contributed by atoms with van der Waals surface area (Å²) in [6.07, 6.45) is 1.77. The van der Waals surface area contributed by atoms with Gasteiger partial charge in [0, 0.05) is 34.0 Å². The van der Waals surface area contributed by atoms with Gasteiger partial charge in [0.25, 0.3) is 5.91 Å². The zero-order chi connectivity index (χ0) is 30.8. The fraction of sp³-hybridized carbons (Fsp3) is 0.147. The van der Waals surface area contributed by atoms with E-state index in [0.29, 0.717) is 27.3 Å². The molecule has 6 rings (SSSR count). The van der Waals surface area contributed by atoms with Gasteiger partial charge in [0.05, 0.1) is 23.5 Å². The van der Waals surface area contributed by atoms with Crippen molar-refractivity contribution in [3.63, 3.8) is 0 Å². The monoisotopic (exact) mass is 623 g/mol. The first-order chi connectivity index (χ1) is 21.3. The standard InChI is InChI=1S/C34H30ClN5O3S/c1-21-18-27(22(2)39(21)29-19-23(35)11-16-30(29)41)33-32(28-10-6-7-17-36-28)38-34(44)40(33)25-14-12-24(13-15-25)37-31(42)20-43-26-8-4-3-5-9-26/h3-19,32-33,41H,20H2,1-2H3,(H,37,42)(H,38,44)/t32-,33+/m1/s1. The number of aryl methyl sites for hydroxylation is 1. The van der Waals surface area contributed by atoms with Crippen molar-refractivity contribution in [3.8, 4) is 17.2 Å². The maximum absolute atomic E-state index is 12.5. The van der Waals surface area contributed by atoms with Crippen molar-refractivity contribution in [3.05, 3.63) is 131 Å². The number of para-hydroxylation sites is 1. The van der Waals surface area contributed by atoms with Crippen molar-refractivity contribution in [1.82, 2.24) is 14.9 Å². The van der Waals surface area contributed by atoms with Crippen molar-refractivity contribution in [2.75, 3.05) is 16.8 Å². The van der Waals surface area contributed by atoms with Crippen LogP contribution in [0.3, 0.4) is 0 Å². The van der Waals surface area contributed by atoms with E-state index in [1.165, 1.54) is 0 Å². The van der Waals surface area contributed by atoms with E-state index in [9.17, 15) is 9.90 Å². The van der Waals surface area contributed by atoms with Crippen LogP contribution in [0.25, 0.3) is 5.69 Å². The van der Waals surface area contributed by atoms with Gasteiger partial charge in [-0.25, -0.2) is 0 Å². The maximum atomic E-state index is 12.5. The molecule has 1 saturated heterocycles. The lowest BCUT2D eigenvalue weighted by Crippen LogP contribution is -2.29. The van der Waals surface area contributed by atoms with Crippen LogP contribution in [0.15, 0.2) is 103 Å². The van der Waals surface area contributed by atoms with Crippen LogP contribution in [0.5, 0.6) is 11.5 Å². The van der Waals surface area contributed by atoms with Gasteiger partial charge in [-0.3, -0.25) is 9.78 Å². The Balaban J connectivity index is 1.32. The van der Waals surface area contributed by atoms with Gasteiger partial charge in [-0.05, 0) is 104 Å². The Morgan fingerprint density at radius 1 is 1.02 bits per heavy atom. The number of nitrogens with zero attached hydrogens (tertiary/aromatic N) is 3. The number of nitrogens with one attached hydrogen (secondary N) is 2. The van der Waals surface area contributed by atoms with Crippen LogP contribution >= 0.6 is 23.8 Å². The molecule has 1 aliphatic rings. The molecule has 5 aromatic rings. The largest absolute Gasteiger partial charge is 0.506 e. The Kier molecular flexibility index (Phi) is 8.23. The predicted octanol–water partition coefficient (Wildman–Crippen LogP) is 7.04. The summed E-state index contributed by atoms with van der Waals surface area (Å²) in [4.78, 5) is 19.3. The highest BCUT2D eigenvalue weighted by Crippen LogP contribution is 2.44. The average molecular weight is 624 g/mol. The Morgan fingerprint density at radius 3 is 2.50 bits per heavy atom. The fourth-order valence-electron chi connectivity index (χ4n) is 5.65. The van der Waals surface area contributed by atoms with E-state index >= 15 is 0 Å². The second-order valence-electron chi connectivity index (χ2n) is 10.5. The molecule has 3 aromatic carbocycles. The molecule has 1 amide bonds. The fourth-order valence-corrected chi connectivity index (χ4v) is 6.16. The van der Waals surface area contributed by atoms with Gasteiger partial charge in [0.15, 0.2) is 11.7 Å². The third kappa shape index (κ3) is 5.84. The number of phenolic OH excluding ortho intramolecular Hbond substituents is 1. The van der Waals surface area contributed by atoms with Gasteiger partial charge in [0.1, 0.15) is 11.5 Å². The van der Waals surface area contributed by atoms with Crippen molar-refractivity contribution in [1.29, 1.82) is 0 Å². The summed E-state index contributed by atoms with van der Waals surface area (Å²) < 4.78 is 7.57. The Morgan fingerprint density at radius 2 is 1.77 bits per heavy atom. The lowest BCUT2D eigenvalue weighted by Gasteiger charge is -2.28. The van der Waals surface area contributed by atoms with Gasteiger partial charge < -0.3 is 29.9 Å². The number of pyridine rings is 1. The van der Waals surface area contributed by atoms with E-state index in [2.05, 4.69) is 26.6 Å². The molecule has 2 aromatic heterocycles. The number of halogens is 1. The van der Waals surface area contributed by atoms with Crippen molar-refractivity contribution < 1.29 is 14.6 Å². The molecule has 222 valence electrons. The summed E-state index contributed by atoms with van der Waals surface area (Å²) in [6, 6.07) is 29.2. The third-order valence-electron chi connectivity index (χ3n) is 7.61. The minimum absolute atomic E-state index is 0.0997. The van der Waals surface area contributed by atoms with Crippen LogP contribution in [-0.4, -0.2) is 32.3 Å². The summed E-state index contributed by atoms with van der Waals surface area (Å²) >= 11 is 12.2. The van der Waals surface area contributed by atoms with Crippen LogP contribution in [-0.2, 0) is 4.79 Å². The van der Waals surface area contributed by atoms with E-state index in [1.54, 1.807) is 36.5 Å². The predicted molar refractivity (Wildman–Crippen MR) is 177 cm³/mol. The van der Waals surface area contributed by atoms with Crippen LogP contribution in [0.2, 0.25) is 5.02 Å². The quantitative estimate of drug-likeness (QED) is 0.160. The van der Waals surface area contributed by atoms with Crippen LogP contribution in [0, 0.1) is 13.8 Å². The number of amides is 1. The molecule has 3 heterocycles. The first-order valence-electron chi connectivity index (χ1n) is 14.1. The van der Waals surface area contributed by atoms with Crippen LogP contribution < -0.4 is 20.3 Å². The normalized spacial score (nSPS) is 16.1. The van der Waals surface area contributed by atoms with Crippen molar-refractivity contribution in [2.24, 2.45) is 0 Å². The minimum atomic E-state index is -0.265. The van der Waals surface area contributed by atoms with Gasteiger partial charge in [-0.15, -0.1) is 0 Å². The van der Waals surface area contributed by atoms with E-state index in [1.807, 2.05) is 79.1 Å². The Hall–Kier alpha value is -4.86. The second-order valence-corrected chi connectivity index (χ2v) is 11.3. The number of thiocarbonyl (C=S) groups is 1. The van der Waals surface area contributed by atoms with Gasteiger partial charge in [-0.2, -0.15) is 0 Å². The number of aromatic nitrogens is 2. The number of carbonyl (C=O) groups is 1. The second kappa shape index (κ2) is 12.4. The summed E-state index contributed by atoms with van der Waals surface area (Å²) in [5.74, 6) is 0.504. The van der Waals surface area contributed by atoms with Crippen molar-refractivity contribution in [2.45, 2.75) is 25.9 Å². The number of phenols is 1. The Labute approximate surface area is 265 Å². The maximum Gasteiger partial charge on any atom is 0.262 e. The highest BCUT2D eigenvalue weighted by Gasteiger charge is 2.42. The number of carbonyl (C=O) groups excluding carboxylic acids is 1. The topological polar surface area (TPSA) is 91.7 Å². The van der Waals surface area contributed by atoms with E-state index in [0.717, 1.165) is 28.3 Å². The zero-order valence-corrected chi connectivity index (χ0v) is 25.6. The van der Waals surface area contributed by atoms with Crippen molar-refractivity contribution >= 4 is 46.2 Å². The molecule has 10 heteroatoms. The smallest absolute Gasteiger partial charge is 0.262 e. The molecule has 3 N–H and O–H groups in total. The highest BCUT2D eigenvalue weighted by atomic mass is 35.5.